The number of hydrogen-bond acceptors (Lipinski definition) is 1. The summed E-state index contributed by atoms with van der Waals surface area (Å²) in [7, 11) is 0. The van der Waals surface area contributed by atoms with E-state index in [1.165, 1.54) is 5.56 Å². The van der Waals surface area contributed by atoms with E-state index in [0.717, 1.165) is 41.8 Å². The van der Waals surface area contributed by atoms with E-state index < -0.39 is 0 Å². The minimum Gasteiger partial charge on any atom is -0.346 e. The molecular formula is C19H19N3O. The van der Waals surface area contributed by atoms with Gasteiger partial charge in [-0.2, -0.15) is 0 Å². The van der Waals surface area contributed by atoms with Crippen LogP contribution in [0.15, 0.2) is 54.7 Å². The molecule has 0 unspecified atom stereocenters. The van der Waals surface area contributed by atoms with Crippen LogP contribution in [0.4, 0.5) is 16.2 Å². The number of anilines is 2. The average Bonchev–Trinajstić information content (AvgIpc) is 3.17. The number of aromatic nitrogens is 1. The molecule has 0 spiro atoms. The van der Waals surface area contributed by atoms with Gasteiger partial charge in [0, 0.05) is 30.4 Å². The Kier molecular flexibility index (Phi) is 3.30. The number of para-hydroxylation sites is 2. The van der Waals surface area contributed by atoms with Gasteiger partial charge < -0.3 is 9.88 Å². The van der Waals surface area contributed by atoms with Crippen LogP contribution in [-0.4, -0.2) is 17.1 Å². The summed E-state index contributed by atoms with van der Waals surface area (Å²) in [5.74, 6) is 0. The van der Waals surface area contributed by atoms with Crippen LogP contribution >= 0.6 is 0 Å². The zero-order chi connectivity index (χ0) is 15.8. The monoisotopic (exact) mass is 305 g/mol. The van der Waals surface area contributed by atoms with Gasteiger partial charge in [-0.25, -0.2) is 4.79 Å². The third-order valence-electron chi connectivity index (χ3n) is 4.50. The largest absolute Gasteiger partial charge is 0.346 e. The molecule has 0 radical (unpaired) electrons. The topological polar surface area (TPSA) is 37.3 Å². The molecule has 2 heterocycles. The summed E-state index contributed by atoms with van der Waals surface area (Å²) >= 11 is 0. The predicted molar refractivity (Wildman–Crippen MR) is 94.1 cm³/mol. The molecule has 4 heteroatoms. The van der Waals surface area contributed by atoms with Crippen molar-refractivity contribution >= 4 is 28.3 Å². The fourth-order valence-electron chi connectivity index (χ4n) is 3.34. The maximum Gasteiger partial charge on any atom is 0.326 e. The highest BCUT2D eigenvalue weighted by atomic mass is 16.2. The SMILES string of the molecule is CCn1cc(NC(=O)N2CCc3ccccc32)c2ccccc21. The Bertz CT molecular complexity index is 881. The molecule has 1 aliphatic heterocycles. The van der Waals surface area contributed by atoms with E-state index in [1.807, 2.05) is 41.4 Å². The smallest absolute Gasteiger partial charge is 0.326 e. The maximum atomic E-state index is 12.7. The van der Waals surface area contributed by atoms with E-state index in [1.54, 1.807) is 0 Å². The number of benzene rings is 2. The van der Waals surface area contributed by atoms with Crippen LogP contribution in [0.2, 0.25) is 0 Å². The molecule has 3 aromatic rings. The van der Waals surface area contributed by atoms with Crippen LogP contribution in [0.5, 0.6) is 0 Å². The molecule has 4 nitrogen and oxygen atoms in total. The van der Waals surface area contributed by atoms with Crippen LogP contribution < -0.4 is 10.2 Å². The van der Waals surface area contributed by atoms with Crippen LogP contribution in [-0.2, 0) is 13.0 Å². The third-order valence-corrected chi connectivity index (χ3v) is 4.50. The zero-order valence-electron chi connectivity index (χ0n) is 13.1. The lowest BCUT2D eigenvalue weighted by molar-refractivity contribution is 0.257. The van der Waals surface area contributed by atoms with E-state index in [-0.39, 0.29) is 6.03 Å². The summed E-state index contributed by atoms with van der Waals surface area (Å²) in [6.45, 7) is 3.72. The number of hydrogen-bond donors (Lipinski definition) is 1. The van der Waals surface area contributed by atoms with Gasteiger partial charge >= 0.3 is 6.03 Å². The lowest BCUT2D eigenvalue weighted by Crippen LogP contribution is -2.33. The Morgan fingerprint density at radius 1 is 1.13 bits per heavy atom. The van der Waals surface area contributed by atoms with Gasteiger partial charge in [0.05, 0.1) is 11.2 Å². The number of fused-ring (bicyclic) bond motifs is 2. The predicted octanol–water partition coefficient (Wildman–Crippen LogP) is 4.26. The van der Waals surface area contributed by atoms with Crippen molar-refractivity contribution < 1.29 is 4.79 Å². The highest BCUT2D eigenvalue weighted by Crippen LogP contribution is 2.30. The van der Waals surface area contributed by atoms with Gasteiger partial charge in [0.25, 0.3) is 0 Å². The van der Waals surface area contributed by atoms with Gasteiger partial charge in [-0.15, -0.1) is 0 Å². The van der Waals surface area contributed by atoms with Crippen molar-refractivity contribution in [3.05, 3.63) is 60.3 Å². The summed E-state index contributed by atoms with van der Waals surface area (Å²) in [6.07, 6.45) is 2.94. The molecule has 2 amide bonds. The number of aryl methyl sites for hydroxylation is 1. The lowest BCUT2D eigenvalue weighted by Gasteiger charge is -2.17. The van der Waals surface area contributed by atoms with Crippen molar-refractivity contribution in [1.82, 2.24) is 4.57 Å². The molecule has 2 aromatic carbocycles. The number of nitrogens with one attached hydrogen (secondary N) is 1. The summed E-state index contributed by atoms with van der Waals surface area (Å²) in [4.78, 5) is 14.6. The van der Waals surface area contributed by atoms with Crippen LogP contribution in [0.25, 0.3) is 10.9 Å². The first-order valence-corrected chi connectivity index (χ1v) is 8.02. The Balaban J connectivity index is 1.65. The first kappa shape index (κ1) is 13.9. The van der Waals surface area contributed by atoms with Crippen molar-refractivity contribution in [2.75, 3.05) is 16.8 Å². The zero-order valence-corrected chi connectivity index (χ0v) is 13.1. The van der Waals surface area contributed by atoms with E-state index in [0.29, 0.717) is 0 Å². The number of amides is 2. The van der Waals surface area contributed by atoms with E-state index in [9.17, 15) is 4.79 Å². The summed E-state index contributed by atoms with van der Waals surface area (Å²) in [5, 5.41) is 4.17. The Morgan fingerprint density at radius 2 is 1.91 bits per heavy atom. The molecule has 116 valence electrons. The second-order valence-corrected chi connectivity index (χ2v) is 5.81. The molecule has 1 aliphatic rings. The molecule has 0 bridgehead atoms. The van der Waals surface area contributed by atoms with E-state index >= 15 is 0 Å². The quantitative estimate of drug-likeness (QED) is 0.755. The number of carbonyl (C=O) groups excluding carboxylic acids is 1. The van der Waals surface area contributed by atoms with Crippen molar-refractivity contribution in [3.63, 3.8) is 0 Å². The Morgan fingerprint density at radius 3 is 2.78 bits per heavy atom. The number of urea groups is 1. The first-order chi connectivity index (χ1) is 11.3. The second kappa shape index (κ2) is 5.47. The standard InChI is InChI=1S/C19H19N3O/c1-2-21-13-16(15-8-4-6-10-18(15)21)20-19(23)22-12-11-14-7-3-5-9-17(14)22/h3-10,13H,2,11-12H2,1H3,(H,20,23). The van der Waals surface area contributed by atoms with Crippen molar-refractivity contribution in [2.45, 2.75) is 19.9 Å². The molecule has 0 atom stereocenters. The highest BCUT2D eigenvalue weighted by molar-refractivity contribution is 6.08. The third kappa shape index (κ3) is 2.27. The van der Waals surface area contributed by atoms with Gasteiger partial charge in [0.15, 0.2) is 0 Å². The fourth-order valence-corrected chi connectivity index (χ4v) is 3.34. The van der Waals surface area contributed by atoms with E-state index in [2.05, 4.69) is 35.0 Å². The van der Waals surface area contributed by atoms with Crippen LogP contribution in [0.3, 0.4) is 0 Å². The van der Waals surface area contributed by atoms with Gasteiger partial charge in [-0.3, -0.25) is 4.90 Å². The molecule has 4 rings (SSSR count). The normalized spacial score (nSPS) is 13.3. The molecule has 23 heavy (non-hydrogen) atoms. The Hall–Kier alpha value is -2.75. The molecule has 0 aliphatic carbocycles. The summed E-state index contributed by atoms with van der Waals surface area (Å²) in [6, 6.07) is 16.2. The van der Waals surface area contributed by atoms with Gasteiger partial charge in [-0.1, -0.05) is 36.4 Å². The molecule has 0 fully saturated rings. The van der Waals surface area contributed by atoms with Gasteiger partial charge in [0.2, 0.25) is 0 Å². The number of nitrogens with zero attached hydrogens (tertiary/aromatic N) is 2. The second-order valence-electron chi connectivity index (χ2n) is 5.81. The van der Waals surface area contributed by atoms with Crippen LogP contribution in [0, 0.1) is 0 Å². The van der Waals surface area contributed by atoms with Crippen molar-refractivity contribution in [1.29, 1.82) is 0 Å². The number of rotatable bonds is 2. The highest BCUT2D eigenvalue weighted by Gasteiger charge is 2.24. The summed E-state index contributed by atoms with van der Waals surface area (Å²) in [5.41, 5.74) is 4.27. The van der Waals surface area contributed by atoms with Gasteiger partial charge in [-0.05, 0) is 31.0 Å². The molecule has 1 aromatic heterocycles. The number of carbonyl (C=O) groups is 1. The molecule has 0 saturated heterocycles. The first-order valence-electron chi connectivity index (χ1n) is 8.02. The Labute approximate surface area is 135 Å². The maximum absolute atomic E-state index is 12.7. The van der Waals surface area contributed by atoms with E-state index in [4.69, 9.17) is 0 Å². The van der Waals surface area contributed by atoms with Gasteiger partial charge in [0.1, 0.15) is 0 Å². The molecular weight excluding hydrogens is 286 g/mol. The van der Waals surface area contributed by atoms with Crippen molar-refractivity contribution in [3.8, 4) is 0 Å². The minimum atomic E-state index is -0.0612. The molecule has 1 N–H and O–H groups in total. The minimum absolute atomic E-state index is 0.0612. The lowest BCUT2D eigenvalue weighted by atomic mass is 10.2. The van der Waals surface area contributed by atoms with Crippen molar-refractivity contribution in [2.24, 2.45) is 0 Å². The average molecular weight is 305 g/mol. The fraction of sp³-hybridized carbons (Fsp3) is 0.211. The summed E-state index contributed by atoms with van der Waals surface area (Å²) < 4.78 is 2.16. The van der Waals surface area contributed by atoms with Crippen LogP contribution in [0.1, 0.15) is 12.5 Å². The molecule has 0 saturated carbocycles.